The van der Waals surface area contributed by atoms with Crippen LogP contribution in [0.2, 0.25) is 15.1 Å². The highest BCUT2D eigenvalue weighted by Gasteiger charge is 2.32. The van der Waals surface area contributed by atoms with E-state index in [0.717, 1.165) is 34.0 Å². The number of benzene rings is 1. The molecule has 2 heterocycles. The first kappa shape index (κ1) is 22.0. The summed E-state index contributed by atoms with van der Waals surface area (Å²) in [6.07, 6.45) is -3.73. The predicted molar refractivity (Wildman–Crippen MR) is 107 cm³/mol. The molecule has 0 bridgehead atoms. The first-order valence-electron chi connectivity index (χ1n) is 8.05. The molecule has 0 aliphatic rings. The maximum atomic E-state index is 13.0. The molecule has 0 saturated carbocycles. The molecule has 29 heavy (non-hydrogen) atoms. The Morgan fingerprint density at radius 3 is 2.55 bits per heavy atom. The van der Waals surface area contributed by atoms with E-state index >= 15 is 0 Å². The molecule has 3 aromatic rings. The van der Waals surface area contributed by atoms with Gasteiger partial charge in [-0.15, -0.1) is 10.2 Å². The van der Waals surface area contributed by atoms with E-state index in [4.69, 9.17) is 34.8 Å². The third kappa shape index (κ3) is 5.09. The van der Waals surface area contributed by atoms with Gasteiger partial charge in [-0.1, -0.05) is 52.6 Å². The molecule has 12 heteroatoms. The van der Waals surface area contributed by atoms with Crippen molar-refractivity contribution in [3.05, 3.63) is 56.7 Å². The van der Waals surface area contributed by atoms with Gasteiger partial charge in [-0.25, -0.2) is 0 Å². The highest BCUT2D eigenvalue weighted by Crippen LogP contribution is 2.33. The zero-order valence-electron chi connectivity index (χ0n) is 14.6. The molecule has 1 amide bonds. The maximum absolute atomic E-state index is 13.0. The first-order valence-corrected chi connectivity index (χ1v) is 10.2. The van der Waals surface area contributed by atoms with Gasteiger partial charge in [-0.2, -0.15) is 13.2 Å². The van der Waals surface area contributed by atoms with Crippen molar-refractivity contribution in [1.82, 2.24) is 19.9 Å². The smallest absolute Gasteiger partial charge is 0.349 e. The molecule has 1 aromatic carbocycles. The zero-order valence-corrected chi connectivity index (χ0v) is 17.7. The first-order chi connectivity index (χ1) is 13.6. The van der Waals surface area contributed by atoms with Crippen LogP contribution in [0.1, 0.15) is 24.1 Å². The maximum Gasteiger partial charge on any atom is 0.417 e. The fourth-order valence-electron chi connectivity index (χ4n) is 2.47. The molecule has 1 atom stereocenters. The minimum atomic E-state index is -4.57. The fraction of sp³-hybridized carbons (Fsp3) is 0.235. The third-order valence-electron chi connectivity index (χ3n) is 3.91. The Labute approximate surface area is 182 Å². The number of amides is 1. The van der Waals surface area contributed by atoms with Crippen LogP contribution in [-0.4, -0.2) is 26.3 Å². The van der Waals surface area contributed by atoms with Gasteiger partial charge >= 0.3 is 6.18 Å². The number of hydrogen-bond donors (Lipinski definition) is 1. The summed E-state index contributed by atoms with van der Waals surface area (Å²) in [6.45, 7) is 1.77. The lowest BCUT2D eigenvalue weighted by atomic mass is 10.1. The van der Waals surface area contributed by atoms with Crippen LogP contribution < -0.4 is 5.32 Å². The number of alkyl halides is 3. The molecule has 0 aliphatic carbocycles. The highest BCUT2D eigenvalue weighted by atomic mass is 35.5. The Morgan fingerprint density at radius 1 is 1.17 bits per heavy atom. The largest absolute Gasteiger partial charge is 0.417 e. The van der Waals surface area contributed by atoms with Gasteiger partial charge in [0.25, 0.3) is 0 Å². The number of thioether (sulfide) groups is 1. The Balaban J connectivity index is 1.70. The second-order valence-electron chi connectivity index (χ2n) is 6.00. The molecule has 154 valence electrons. The number of aromatic nitrogens is 3. The van der Waals surface area contributed by atoms with E-state index in [9.17, 15) is 18.0 Å². The van der Waals surface area contributed by atoms with Crippen molar-refractivity contribution >= 4 is 58.1 Å². The van der Waals surface area contributed by atoms with Crippen molar-refractivity contribution in [2.45, 2.75) is 24.3 Å². The number of carbonyl (C=O) groups excluding carboxylic acids is 1. The molecule has 1 N–H and O–H groups in total. The van der Waals surface area contributed by atoms with Gasteiger partial charge < -0.3 is 5.32 Å². The van der Waals surface area contributed by atoms with E-state index in [1.807, 2.05) is 0 Å². The van der Waals surface area contributed by atoms with E-state index < -0.39 is 11.7 Å². The van der Waals surface area contributed by atoms with Gasteiger partial charge in [0.1, 0.15) is 0 Å². The molecule has 5 nitrogen and oxygen atoms in total. The second-order valence-corrected chi connectivity index (χ2v) is 8.17. The molecule has 0 saturated heterocycles. The molecule has 0 fully saturated rings. The van der Waals surface area contributed by atoms with E-state index in [0.29, 0.717) is 10.0 Å². The normalized spacial score (nSPS) is 12.9. The van der Waals surface area contributed by atoms with Gasteiger partial charge in [-0.3, -0.25) is 9.20 Å². The number of nitrogens with one attached hydrogen (secondary N) is 1. The summed E-state index contributed by atoms with van der Waals surface area (Å²) in [5.41, 5.74) is -0.103. The molecule has 2 aromatic heterocycles. The lowest BCUT2D eigenvalue weighted by molar-refractivity contribution is -0.137. The van der Waals surface area contributed by atoms with Gasteiger partial charge in [0.15, 0.2) is 10.8 Å². The zero-order chi connectivity index (χ0) is 21.3. The Hall–Kier alpha value is -1.68. The van der Waals surface area contributed by atoms with Crippen LogP contribution in [0.4, 0.5) is 13.2 Å². The molecule has 0 spiro atoms. The minimum Gasteiger partial charge on any atom is -0.349 e. The van der Waals surface area contributed by atoms with E-state index in [-0.39, 0.29) is 33.5 Å². The number of fused-ring (bicyclic) bond motifs is 1. The molecular weight excluding hydrogens is 472 g/mol. The van der Waals surface area contributed by atoms with Crippen molar-refractivity contribution in [2.24, 2.45) is 0 Å². The van der Waals surface area contributed by atoms with Crippen LogP contribution in [0.3, 0.4) is 0 Å². The van der Waals surface area contributed by atoms with Crippen LogP contribution in [0.5, 0.6) is 0 Å². The van der Waals surface area contributed by atoms with Crippen LogP contribution in [-0.2, 0) is 11.0 Å². The summed E-state index contributed by atoms with van der Waals surface area (Å²) in [5.74, 6) is -0.427. The number of carbonyl (C=O) groups is 1. The van der Waals surface area contributed by atoms with Gasteiger partial charge in [-0.05, 0) is 30.7 Å². The van der Waals surface area contributed by atoms with Crippen LogP contribution in [0.25, 0.3) is 5.65 Å². The quantitative estimate of drug-likeness (QED) is 0.475. The average Bonchev–Trinajstić information content (AvgIpc) is 3.05. The predicted octanol–water partition coefficient (Wildman–Crippen LogP) is 5.68. The summed E-state index contributed by atoms with van der Waals surface area (Å²) in [7, 11) is 0. The summed E-state index contributed by atoms with van der Waals surface area (Å²) < 4.78 is 40.1. The number of nitrogens with zero attached hydrogens (tertiary/aromatic N) is 3. The van der Waals surface area contributed by atoms with E-state index in [1.165, 1.54) is 0 Å². The van der Waals surface area contributed by atoms with E-state index in [2.05, 4.69) is 15.5 Å². The molecular formula is C17H12Cl3F3N4OS. The summed E-state index contributed by atoms with van der Waals surface area (Å²) in [6, 6.07) is 5.44. The molecule has 0 radical (unpaired) electrons. The van der Waals surface area contributed by atoms with E-state index in [1.54, 1.807) is 25.1 Å². The van der Waals surface area contributed by atoms with Gasteiger partial charge in [0.05, 0.1) is 32.4 Å². The third-order valence-corrected chi connectivity index (χ3v) is 5.87. The minimum absolute atomic E-state index is 0.0757. The molecule has 1 unspecified atom stereocenters. The van der Waals surface area contributed by atoms with Crippen LogP contribution >= 0.6 is 46.6 Å². The second kappa shape index (κ2) is 8.59. The number of hydrogen-bond acceptors (Lipinski definition) is 4. The Kier molecular flexibility index (Phi) is 6.52. The Bertz CT molecular complexity index is 1070. The van der Waals surface area contributed by atoms with Gasteiger partial charge in [0, 0.05) is 6.20 Å². The Morgan fingerprint density at radius 2 is 1.90 bits per heavy atom. The SMILES string of the molecule is CC(NC(=O)CSc1nnc2c(Cl)cc(C(F)(F)F)cn12)c1ccc(Cl)c(Cl)c1. The van der Waals surface area contributed by atoms with Crippen molar-refractivity contribution in [3.63, 3.8) is 0 Å². The molecule has 0 aliphatic heterocycles. The van der Waals surface area contributed by atoms with Crippen LogP contribution in [0.15, 0.2) is 35.6 Å². The average molecular weight is 484 g/mol. The summed E-state index contributed by atoms with van der Waals surface area (Å²) >= 11 is 18.7. The van der Waals surface area contributed by atoms with Crippen molar-refractivity contribution in [3.8, 4) is 0 Å². The van der Waals surface area contributed by atoms with Crippen molar-refractivity contribution in [1.29, 1.82) is 0 Å². The van der Waals surface area contributed by atoms with Crippen molar-refractivity contribution < 1.29 is 18.0 Å². The number of pyridine rings is 1. The number of halogens is 6. The molecule has 3 rings (SSSR count). The van der Waals surface area contributed by atoms with Gasteiger partial charge in [0.2, 0.25) is 5.91 Å². The lowest BCUT2D eigenvalue weighted by Gasteiger charge is -2.15. The number of rotatable bonds is 5. The van der Waals surface area contributed by atoms with Crippen molar-refractivity contribution in [2.75, 3.05) is 5.75 Å². The fourth-order valence-corrected chi connectivity index (χ4v) is 3.74. The summed E-state index contributed by atoms with van der Waals surface area (Å²) in [5, 5.41) is 11.1. The highest BCUT2D eigenvalue weighted by molar-refractivity contribution is 7.99. The van der Waals surface area contributed by atoms with Crippen LogP contribution in [0, 0.1) is 0 Å². The summed E-state index contributed by atoms with van der Waals surface area (Å²) in [4.78, 5) is 12.2. The standard InChI is InChI=1S/C17H12Cl3F3N4OS/c1-8(9-2-3-11(18)12(19)4-9)24-14(28)7-29-16-26-25-15-13(20)5-10(6-27(15)16)17(21,22)23/h2-6,8H,7H2,1H3,(H,24,28). The topological polar surface area (TPSA) is 59.3 Å². The monoisotopic (exact) mass is 482 g/mol. The lowest BCUT2D eigenvalue weighted by Crippen LogP contribution is -2.28.